The Bertz CT molecular complexity index is 284. The minimum Gasteiger partial charge on any atom is -0.388 e. The Morgan fingerprint density at radius 3 is 2.46 bits per heavy atom. The van der Waals surface area contributed by atoms with Crippen LogP contribution in [0.15, 0.2) is 18.7 Å². The number of aromatic nitrogens is 2. The molecule has 1 aromatic heterocycles. The van der Waals surface area contributed by atoms with Crippen LogP contribution in [0.1, 0.15) is 30.9 Å². The molecule has 0 saturated heterocycles. The molecule has 0 radical (unpaired) electrons. The third-order valence-electron chi connectivity index (χ3n) is 2.74. The Morgan fingerprint density at radius 1 is 1.38 bits per heavy atom. The molecule has 4 heteroatoms. The maximum absolute atomic E-state index is 9.95. The Morgan fingerprint density at radius 2 is 2.00 bits per heavy atom. The van der Waals surface area contributed by atoms with E-state index in [1.807, 2.05) is 0 Å². The summed E-state index contributed by atoms with van der Waals surface area (Å²) in [5.41, 5.74) is 6.00. The van der Waals surface area contributed by atoms with Gasteiger partial charge in [0.25, 0.3) is 0 Å². The molecule has 0 spiro atoms. The molecular formula is C9H13N3O. The molecule has 1 saturated carbocycles. The summed E-state index contributed by atoms with van der Waals surface area (Å²) in [4.78, 5) is 7.75. The predicted molar refractivity (Wildman–Crippen MR) is 47.8 cm³/mol. The van der Waals surface area contributed by atoms with Crippen molar-refractivity contribution in [3.63, 3.8) is 0 Å². The Labute approximate surface area is 76.8 Å². The van der Waals surface area contributed by atoms with E-state index in [1.54, 1.807) is 12.4 Å². The summed E-state index contributed by atoms with van der Waals surface area (Å²) in [7, 11) is 0. The van der Waals surface area contributed by atoms with Gasteiger partial charge in [-0.2, -0.15) is 0 Å². The largest absolute Gasteiger partial charge is 0.388 e. The van der Waals surface area contributed by atoms with E-state index in [2.05, 4.69) is 9.97 Å². The Hall–Kier alpha value is -1.00. The van der Waals surface area contributed by atoms with Crippen LogP contribution in [0.3, 0.4) is 0 Å². The number of aliphatic hydroxyl groups is 1. The van der Waals surface area contributed by atoms with Gasteiger partial charge in [0.1, 0.15) is 6.33 Å². The van der Waals surface area contributed by atoms with Crippen molar-refractivity contribution in [3.05, 3.63) is 24.3 Å². The predicted octanol–water partition coefficient (Wildman–Crippen LogP) is 0.391. The molecule has 13 heavy (non-hydrogen) atoms. The van der Waals surface area contributed by atoms with Gasteiger partial charge in [-0.3, -0.25) is 0 Å². The molecule has 0 aliphatic heterocycles. The van der Waals surface area contributed by atoms with Gasteiger partial charge in [0.05, 0.1) is 11.6 Å². The fourth-order valence-corrected chi connectivity index (χ4v) is 1.63. The lowest BCUT2D eigenvalue weighted by Gasteiger charge is -2.41. The number of nitrogens with zero attached hydrogens (tertiary/aromatic N) is 2. The molecule has 1 aliphatic rings. The van der Waals surface area contributed by atoms with E-state index in [1.165, 1.54) is 6.33 Å². The van der Waals surface area contributed by atoms with E-state index in [0.29, 0.717) is 0 Å². The lowest BCUT2D eigenvalue weighted by molar-refractivity contribution is -0.0561. The molecule has 70 valence electrons. The summed E-state index contributed by atoms with van der Waals surface area (Å²) < 4.78 is 0. The van der Waals surface area contributed by atoms with Crippen molar-refractivity contribution >= 4 is 0 Å². The molecule has 1 heterocycles. The molecule has 0 amide bonds. The first-order valence-corrected chi connectivity index (χ1v) is 4.45. The number of rotatable bonds is 2. The van der Waals surface area contributed by atoms with Crippen molar-refractivity contribution in [3.8, 4) is 0 Å². The van der Waals surface area contributed by atoms with Crippen LogP contribution in [0.2, 0.25) is 0 Å². The molecule has 0 aromatic carbocycles. The third kappa shape index (κ3) is 1.43. The minimum absolute atomic E-state index is 0.345. The molecule has 0 bridgehead atoms. The maximum atomic E-state index is 9.95. The van der Waals surface area contributed by atoms with Crippen LogP contribution in [0.5, 0.6) is 0 Å². The van der Waals surface area contributed by atoms with Gasteiger partial charge in [-0.15, -0.1) is 0 Å². The van der Waals surface area contributed by atoms with E-state index in [0.717, 1.165) is 24.8 Å². The first-order valence-electron chi connectivity index (χ1n) is 4.45. The zero-order valence-electron chi connectivity index (χ0n) is 7.35. The zero-order valence-corrected chi connectivity index (χ0v) is 7.35. The zero-order chi connectivity index (χ0) is 9.31. The van der Waals surface area contributed by atoms with Gasteiger partial charge in [0, 0.05) is 18.0 Å². The molecule has 1 fully saturated rings. The average Bonchev–Trinajstić information content (AvgIpc) is 2.14. The fourth-order valence-electron chi connectivity index (χ4n) is 1.63. The van der Waals surface area contributed by atoms with Crippen molar-refractivity contribution in [2.24, 2.45) is 5.73 Å². The molecular weight excluding hydrogens is 166 g/mol. The summed E-state index contributed by atoms with van der Waals surface area (Å²) in [6.07, 6.45) is 7.40. The summed E-state index contributed by atoms with van der Waals surface area (Å²) >= 11 is 0. The van der Waals surface area contributed by atoms with Crippen LogP contribution < -0.4 is 5.73 Å². The molecule has 3 N–H and O–H groups in total. The molecule has 1 aliphatic carbocycles. The first kappa shape index (κ1) is 8.59. The van der Waals surface area contributed by atoms with Gasteiger partial charge in [-0.25, -0.2) is 9.97 Å². The lowest BCUT2D eigenvalue weighted by Crippen LogP contribution is -2.46. The van der Waals surface area contributed by atoms with Crippen LogP contribution in [0.25, 0.3) is 0 Å². The third-order valence-corrected chi connectivity index (χ3v) is 2.74. The monoisotopic (exact) mass is 179 g/mol. The van der Waals surface area contributed by atoms with Gasteiger partial charge in [0.2, 0.25) is 0 Å². The van der Waals surface area contributed by atoms with Gasteiger partial charge >= 0.3 is 0 Å². The van der Waals surface area contributed by atoms with E-state index in [9.17, 15) is 5.11 Å². The topological polar surface area (TPSA) is 72.0 Å². The summed E-state index contributed by atoms with van der Waals surface area (Å²) in [5, 5.41) is 9.95. The van der Waals surface area contributed by atoms with Gasteiger partial charge in [0.15, 0.2) is 0 Å². The Kier molecular flexibility index (Phi) is 2.01. The number of nitrogens with two attached hydrogens (primary N) is 1. The van der Waals surface area contributed by atoms with Crippen LogP contribution >= 0.6 is 0 Å². The van der Waals surface area contributed by atoms with Crippen molar-refractivity contribution in [2.75, 3.05) is 0 Å². The normalized spacial score (nSPS) is 22.0. The number of hydrogen-bond acceptors (Lipinski definition) is 4. The van der Waals surface area contributed by atoms with E-state index < -0.39 is 5.60 Å². The molecule has 1 aromatic rings. The second-order valence-corrected chi connectivity index (χ2v) is 3.61. The molecule has 4 nitrogen and oxygen atoms in total. The van der Waals surface area contributed by atoms with E-state index >= 15 is 0 Å². The SMILES string of the molecule is NC(c1cncnc1)C1(O)CCC1. The minimum atomic E-state index is -0.718. The molecule has 2 rings (SSSR count). The van der Waals surface area contributed by atoms with Crippen LogP contribution in [0, 0.1) is 0 Å². The molecule has 1 atom stereocenters. The average molecular weight is 179 g/mol. The highest BCUT2D eigenvalue weighted by molar-refractivity contribution is 5.16. The lowest BCUT2D eigenvalue weighted by atomic mass is 9.73. The van der Waals surface area contributed by atoms with Crippen molar-refractivity contribution in [1.82, 2.24) is 9.97 Å². The highest BCUT2D eigenvalue weighted by Crippen LogP contribution is 2.40. The first-order chi connectivity index (χ1) is 6.22. The van der Waals surface area contributed by atoms with Crippen LogP contribution in [-0.4, -0.2) is 20.7 Å². The molecule has 1 unspecified atom stereocenters. The summed E-state index contributed by atoms with van der Waals surface area (Å²) in [6, 6.07) is -0.345. The number of hydrogen-bond donors (Lipinski definition) is 2. The van der Waals surface area contributed by atoms with Gasteiger partial charge < -0.3 is 10.8 Å². The second-order valence-electron chi connectivity index (χ2n) is 3.61. The Balaban J connectivity index is 2.17. The second kappa shape index (κ2) is 3.05. The van der Waals surface area contributed by atoms with Gasteiger partial charge in [-0.05, 0) is 19.3 Å². The summed E-state index contributed by atoms with van der Waals surface area (Å²) in [5.74, 6) is 0. The highest BCUT2D eigenvalue weighted by atomic mass is 16.3. The van der Waals surface area contributed by atoms with Crippen molar-refractivity contribution < 1.29 is 5.11 Å². The smallest absolute Gasteiger partial charge is 0.115 e. The fraction of sp³-hybridized carbons (Fsp3) is 0.556. The van der Waals surface area contributed by atoms with E-state index in [-0.39, 0.29) is 6.04 Å². The van der Waals surface area contributed by atoms with Crippen molar-refractivity contribution in [1.29, 1.82) is 0 Å². The van der Waals surface area contributed by atoms with E-state index in [4.69, 9.17) is 5.73 Å². The standard InChI is InChI=1S/C9H13N3O/c10-8(9(13)2-1-3-9)7-4-11-6-12-5-7/h4-6,8,13H,1-3,10H2. The highest BCUT2D eigenvalue weighted by Gasteiger charge is 2.41. The van der Waals surface area contributed by atoms with Crippen LogP contribution in [0.4, 0.5) is 0 Å². The van der Waals surface area contributed by atoms with Gasteiger partial charge in [-0.1, -0.05) is 0 Å². The maximum Gasteiger partial charge on any atom is 0.115 e. The van der Waals surface area contributed by atoms with Crippen molar-refractivity contribution in [2.45, 2.75) is 30.9 Å². The quantitative estimate of drug-likeness (QED) is 0.689. The summed E-state index contributed by atoms with van der Waals surface area (Å²) in [6.45, 7) is 0. The van der Waals surface area contributed by atoms with Crippen LogP contribution in [-0.2, 0) is 0 Å².